The molecule has 2 N–H and O–H groups in total. The van der Waals surface area contributed by atoms with Crippen molar-refractivity contribution in [3.63, 3.8) is 0 Å². The first-order valence-electron chi connectivity index (χ1n) is 12.8. The van der Waals surface area contributed by atoms with Crippen molar-refractivity contribution in [3.05, 3.63) is 76.0 Å². The Kier molecular flexibility index (Phi) is 10.3. The van der Waals surface area contributed by atoms with Gasteiger partial charge in [0.05, 0.1) is 30.5 Å². The predicted octanol–water partition coefficient (Wildman–Crippen LogP) is 6.78. The first kappa shape index (κ1) is 29.1. The van der Waals surface area contributed by atoms with Gasteiger partial charge in [0.15, 0.2) is 5.82 Å². The second-order valence-corrected chi connectivity index (χ2v) is 7.79. The van der Waals surface area contributed by atoms with Crippen LogP contribution in [0.15, 0.2) is 52.9 Å². The van der Waals surface area contributed by atoms with Crippen LogP contribution in [0.1, 0.15) is 39.3 Å². The quantitative estimate of drug-likeness (QED) is 0.155. The highest BCUT2D eigenvalue weighted by molar-refractivity contribution is 5.94. The summed E-state index contributed by atoms with van der Waals surface area (Å²) >= 11 is 0. The number of nitrogens with zero attached hydrogens (tertiary/aromatic N) is 4. The fourth-order valence-corrected chi connectivity index (χ4v) is 3.74. The zero-order chi connectivity index (χ0) is 28.4. The molecule has 1 saturated heterocycles. The second kappa shape index (κ2) is 13.9. The van der Waals surface area contributed by atoms with Crippen LogP contribution in [0.5, 0.6) is 5.75 Å². The highest BCUT2D eigenvalue weighted by atomic mass is 19.1. The number of nitro groups is 1. The molecule has 1 fully saturated rings. The summed E-state index contributed by atoms with van der Waals surface area (Å²) in [6.07, 6.45) is 3.02. The van der Waals surface area contributed by atoms with Crippen LogP contribution in [0.3, 0.4) is 0 Å². The summed E-state index contributed by atoms with van der Waals surface area (Å²) in [5.41, 5.74) is 1.47. The van der Waals surface area contributed by atoms with E-state index >= 15 is 4.39 Å². The summed E-state index contributed by atoms with van der Waals surface area (Å²) in [7, 11) is 0. The number of phenols is 1. The first-order chi connectivity index (χ1) is 19.0. The van der Waals surface area contributed by atoms with E-state index in [0.717, 1.165) is 0 Å². The molecule has 5 rings (SSSR count). The van der Waals surface area contributed by atoms with Crippen molar-refractivity contribution in [1.82, 2.24) is 9.97 Å². The van der Waals surface area contributed by atoms with E-state index in [0.29, 0.717) is 54.4 Å². The Morgan fingerprint density at radius 1 is 1.03 bits per heavy atom. The van der Waals surface area contributed by atoms with E-state index in [1.807, 2.05) is 32.6 Å². The molecule has 1 aliphatic heterocycles. The van der Waals surface area contributed by atoms with Gasteiger partial charge in [-0.05, 0) is 48.6 Å². The molecule has 2 aromatic heterocycles. The van der Waals surface area contributed by atoms with E-state index in [2.05, 4.69) is 15.3 Å². The Labute approximate surface area is 225 Å². The average Bonchev–Trinajstić information content (AvgIpc) is 3.45. The highest BCUT2D eigenvalue weighted by Crippen LogP contribution is 2.32. The third kappa shape index (κ3) is 7.29. The van der Waals surface area contributed by atoms with E-state index in [1.165, 1.54) is 42.5 Å². The van der Waals surface area contributed by atoms with E-state index in [-0.39, 0.29) is 23.2 Å². The minimum Gasteiger partial charge on any atom is -0.508 e. The summed E-state index contributed by atoms with van der Waals surface area (Å²) in [6.45, 7) is 10.2. The Morgan fingerprint density at radius 2 is 1.72 bits per heavy atom. The van der Waals surface area contributed by atoms with Gasteiger partial charge in [-0.2, -0.15) is 0 Å². The molecule has 1 aliphatic rings. The number of halogens is 1. The molecule has 0 aliphatic carbocycles. The van der Waals surface area contributed by atoms with Gasteiger partial charge in [0.1, 0.15) is 28.1 Å². The number of hydrogen-bond acceptors (Lipinski definition) is 9. The number of aromatic nitrogens is 2. The van der Waals surface area contributed by atoms with Crippen LogP contribution in [0.4, 0.5) is 27.5 Å². The summed E-state index contributed by atoms with van der Waals surface area (Å²) in [5.74, 6) is 0.261. The zero-order valence-corrected chi connectivity index (χ0v) is 22.3. The summed E-state index contributed by atoms with van der Waals surface area (Å²) < 4.78 is 25.6. The van der Waals surface area contributed by atoms with Crippen molar-refractivity contribution in [2.75, 3.05) is 36.5 Å². The van der Waals surface area contributed by atoms with E-state index in [4.69, 9.17) is 9.15 Å². The number of ether oxygens (including phenoxy) is 1. The lowest BCUT2D eigenvalue weighted by atomic mass is 10.1. The van der Waals surface area contributed by atoms with Crippen molar-refractivity contribution in [2.45, 2.75) is 27.7 Å². The molecule has 2 aromatic carbocycles. The molecule has 0 spiro atoms. The van der Waals surface area contributed by atoms with Gasteiger partial charge in [-0.15, -0.1) is 0 Å². The van der Waals surface area contributed by atoms with Crippen LogP contribution in [0, 0.1) is 15.9 Å². The number of hydrogen-bond donors (Lipinski definition) is 2. The molecule has 0 unspecified atom stereocenters. The van der Waals surface area contributed by atoms with Gasteiger partial charge in [-0.25, -0.2) is 14.4 Å². The van der Waals surface area contributed by atoms with E-state index < -0.39 is 10.7 Å². The molecule has 206 valence electrons. The molecular formula is C28H32FN5O5. The average molecular weight is 538 g/mol. The smallest absolute Gasteiger partial charge is 0.433 e. The molecule has 3 heterocycles. The topological polar surface area (TPSA) is 127 Å². The first-order valence-corrected chi connectivity index (χ1v) is 12.8. The molecule has 11 heteroatoms. The van der Waals surface area contributed by atoms with Crippen molar-refractivity contribution >= 4 is 46.1 Å². The molecule has 4 aromatic rings. The summed E-state index contributed by atoms with van der Waals surface area (Å²) in [4.78, 5) is 21.2. The fraction of sp³-hybridized carbons (Fsp3) is 0.286. The van der Waals surface area contributed by atoms with Gasteiger partial charge in [0.2, 0.25) is 0 Å². The zero-order valence-electron chi connectivity index (χ0n) is 22.3. The SMILES string of the molecule is CC.CC.O=[N+]([O-])c1ccc(/C=C/c2nc(Nc3ccc(O)cc3)c3cc(N4CCOCC4)c(F)cc3n2)o1. The standard InChI is InChI=1S/C24H20FN5O5.2C2H6/c25-19-14-20-18(13-21(19)29-9-11-34-12-10-29)24(26-15-1-3-16(31)4-2-15)28-22(27-20)7-5-17-6-8-23(35-17)30(32)33;2*1-2/h1-8,13-14,31H,9-12H2,(H,26,27,28);2*1-2H3/b7-5+;;. The number of fused-ring (bicyclic) bond motifs is 1. The van der Waals surface area contributed by atoms with Crippen LogP contribution in [-0.4, -0.2) is 46.3 Å². The summed E-state index contributed by atoms with van der Waals surface area (Å²) in [6, 6.07) is 12.2. The lowest BCUT2D eigenvalue weighted by Crippen LogP contribution is -2.36. The van der Waals surface area contributed by atoms with Gasteiger partial charge in [-0.3, -0.25) is 10.1 Å². The van der Waals surface area contributed by atoms with Gasteiger partial charge in [0.25, 0.3) is 0 Å². The molecule has 0 saturated carbocycles. The normalized spacial score (nSPS) is 12.9. The van der Waals surface area contributed by atoms with Crippen molar-refractivity contribution in [2.24, 2.45) is 0 Å². The maximum Gasteiger partial charge on any atom is 0.433 e. The maximum atomic E-state index is 15.1. The molecule has 0 amide bonds. The van der Waals surface area contributed by atoms with Gasteiger partial charge < -0.3 is 24.5 Å². The Morgan fingerprint density at radius 3 is 2.36 bits per heavy atom. The van der Waals surface area contributed by atoms with Gasteiger partial charge >= 0.3 is 5.88 Å². The molecule has 39 heavy (non-hydrogen) atoms. The Balaban J connectivity index is 0.00000100. The van der Waals surface area contributed by atoms with Crippen LogP contribution < -0.4 is 10.2 Å². The van der Waals surface area contributed by atoms with E-state index in [9.17, 15) is 15.2 Å². The van der Waals surface area contributed by atoms with Crippen molar-refractivity contribution in [1.29, 1.82) is 0 Å². The number of phenolic OH excluding ortho intramolecular Hbond substituents is 1. The Hall–Kier alpha value is -4.51. The minimum atomic E-state index is -0.627. The van der Waals surface area contributed by atoms with Crippen molar-refractivity contribution in [3.8, 4) is 5.75 Å². The predicted molar refractivity (Wildman–Crippen MR) is 151 cm³/mol. The number of furan rings is 1. The molecule has 10 nitrogen and oxygen atoms in total. The number of benzene rings is 2. The molecule has 0 bridgehead atoms. The maximum absolute atomic E-state index is 15.1. The van der Waals surface area contributed by atoms with Gasteiger partial charge in [0, 0.05) is 30.2 Å². The van der Waals surface area contributed by atoms with Crippen LogP contribution in [-0.2, 0) is 4.74 Å². The fourth-order valence-electron chi connectivity index (χ4n) is 3.74. The number of aromatic hydroxyl groups is 1. The second-order valence-electron chi connectivity index (χ2n) is 7.79. The van der Waals surface area contributed by atoms with Gasteiger partial charge in [-0.1, -0.05) is 27.7 Å². The number of anilines is 3. The third-order valence-electron chi connectivity index (χ3n) is 5.45. The summed E-state index contributed by atoms with van der Waals surface area (Å²) in [5, 5.41) is 24.2. The third-order valence-corrected chi connectivity index (χ3v) is 5.45. The van der Waals surface area contributed by atoms with Crippen LogP contribution >= 0.6 is 0 Å². The molecule has 0 atom stereocenters. The lowest BCUT2D eigenvalue weighted by Gasteiger charge is -2.29. The van der Waals surface area contributed by atoms with E-state index in [1.54, 1.807) is 18.2 Å². The Bertz CT molecular complexity index is 1420. The van der Waals surface area contributed by atoms with Crippen molar-refractivity contribution < 1.29 is 23.6 Å². The lowest BCUT2D eigenvalue weighted by molar-refractivity contribution is -0.402. The van der Waals surface area contributed by atoms with Crippen LogP contribution in [0.2, 0.25) is 0 Å². The molecular weight excluding hydrogens is 505 g/mol. The largest absolute Gasteiger partial charge is 0.508 e. The highest BCUT2D eigenvalue weighted by Gasteiger charge is 2.19. The number of nitrogens with one attached hydrogen (secondary N) is 1. The number of rotatable bonds is 6. The van der Waals surface area contributed by atoms with Crippen LogP contribution in [0.25, 0.3) is 23.1 Å². The monoisotopic (exact) mass is 537 g/mol. The number of morpholine rings is 1. The molecule has 0 radical (unpaired) electrons. The minimum absolute atomic E-state index is 0.121.